The van der Waals surface area contributed by atoms with E-state index in [-0.39, 0.29) is 36.0 Å². The van der Waals surface area contributed by atoms with Crippen molar-refractivity contribution in [1.29, 1.82) is 0 Å². The molecule has 10 nitrogen and oxygen atoms in total. The molecule has 0 aliphatic carbocycles. The Kier molecular flexibility index (Phi) is 5.78. The summed E-state index contributed by atoms with van der Waals surface area (Å²) in [4.78, 5) is 46.4. The molecular weight excluding hydrogens is 395 g/mol. The highest BCUT2D eigenvalue weighted by atomic mass is 32.2. The van der Waals surface area contributed by atoms with Crippen molar-refractivity contribution in [3.8, 4) is 0 Å². The first-order chi connectivity index (χ1) is 13.3. The number of ether oxygens (including phenoxy) is 2. The minimum Gasteiger partial charge on any atom is -0.442 e. The van der Waals surface area contributed by atoms with Gasteiger partial charge in [0.25, 0.3) is 5.91 Å². The number of thioether (sulfide) groups is 1. The minimum atomic E-state index is -0.949. The van der Waals surface area contributed by atoms with Gasteiger partial charge in [0.05, 0.1) is 24.5 Å². The highest BCUT2D eigenvalue weighted by Gasteiger charge is 2.33. The lowest BCUT2D eigenvalue weighted by Crippen LogP contribution is -2.35. The van der Waals surface area contributed by atoms with Crippen LogP contribution in [0.25, 0.3) is 0 Å². The van der Waals surface area contributed by atoms with Crippen molar-refractivity contribution >= 4 is 46.6 Å². The van der Waals surface area contributed by atoms with Crippen LogP contribution in [0.1, 0.15) is 12.5 Å². The molecule has 148 valence electrons. The third kappa shape index (κ3) is 4.57. The summed E-state index contributed by atoms with van der Waals surface area (Å²) in [5, 5.41) is 6.45. The van der Waals surface area contributed by atoms with Crippen LogP contribution >= 0.6 is 11.8 Å². The third-order valence-corrected chi connectivity index (χ3v) is 4.69. The Balaban J connectivity index is 1.64. The van der Waals surface area contributed by atoms with E-state index >= 15 is 0 Å². The lowest BCUT2D eigenvalue weighted by molar-refractivity contribution is -0.134. The molecule has 0 saturated carbocycles. The highest BCUT2D eigenvalue weighted by molar-refractivity contribution is 8.15. The molecule has 28 heavy (non-hydrogen) atoms. The second-order valence-corrected chi connectivity index (χ2v) is 6.75. The molecule has 1 saturated heterocycles. The van der Waals surface area contributed by atoms with Crippen LogP contribution in [0, 0.1) is 5.82 Å². The number of hydrazone groups is 1. The normalized spacial score (nSPS) is 18.9. The summed E-state index contributed by atoms with van der Waals surface area (Å²) >= 11 is 1.11. The van der Waals surface area contributed by atoms with Gasteiger partial charge in [0, 0.05) is 12.5 Å². The van der Waals surface area contributed by atoms with Crippen molar-refractivity contribution in [2.75, 3.05) is 23.7 Å². The molecule has 1 aromatic rings. The molecule has 0 unspecified atom stereocenters. The third-order valence-electron chi connectivity index (χ3n) is 3.70. The summed E-state index contributed by atoms with van der Waals surface area (Å²) in [6.45, 7) is 1.09. The lowest BCUT2D eigenvalue weighted by atomic mass is 10.2. The van der Waals surface area contributed by atoms with Crippen molar-refractivity contribution in [2.24, 2.45) is 5.10 Å². The largest absolute Gasteiger partial charge is 0.442 e. The van der Waals surface area contributed by atoms with E-state index in [4.69, 9.17) is 4.74 Å². The molecule has 1 atom stereocenters. The van der Waals surface area contributed by atoms with Crippen molar-refractivity contribution in [2.45, 2.75) is 13.0 Å². The number of anilines is 1. The molecule has 2 N–H and O–H groups in total. The predicted molar refractivity (Wildman–Crippen MR) is 96.3 cm³/mol. The molecule has 0 bridgehead atoms. The highest BCUT2D eigenvalue weighted by Crippen LogP contribution is 2.26. The van der Waals surface area contributed by atoms with Crippen LogP contribution in [-0.4, -0.2) is 54.1 Å². The average Bonchev–Trinajstić information content (AvgIpc) is 3.01. The van der Waals surface area contributed by atoms with Crippen molar-refractivity contribution < 1.29 is 33.0 Å². The summed E-state index contributed by atoms with van der Waals surface area (Å²) in [5.74, 6) is -1.51. The zero-order valence-electron chi connectivity index (χ0n) is 14.6. The van der Waals surface area contributed by atoms with Crippen LogP contribution in [0.3, 0.4) is 0 Å². The molecule has 1 aromatic carbocycles. The van der Waals surface area contributed by atoms with Crippen LogP contribution < -0.4 is 15.6 Å². The van der Waals surface area contributed by atoms with Gasteiger partial charge in [-0.25, -0.2) is 19.4 Å². The van der Waals surface area contributed by atoms with Gasteiger partial charge < -0.3 is 14.8 Å². The number of amides is 3. The number of halogens is 1. The van der Waals surface area contributed by atoms with Gasteiger partial charge in [0.15, 0.2) is 0 Å². The van der Waals surface area contributed by atoms with Gasteiger partial charge >= 0.3 is 18.2 Å². The Hall–Kier alpha value is -3.15. The predicted octanol–water partition coefficient (Wildman–Crippen LogP) is 0.948. The number of nitrogens with zero attached hydrogens (tertiary/aromatic N) is 2. The van der Waals surface area contributed by atoms with E-state index in [0.717, 1.165) is 24.8 Å². The van der Waals surface area contributed by atoms with Gasteiger partial charge in [-0.3, -0.25) is 14.5 Å². The molecule has 2 heterocycles. The van der Waals surface area contributed by atoms with E-state index in [0.29, 0.717) is 5.04 Å². The second-order valence-electron chi connectivity index (χ2n) is 5.78. The molecular formula is C16H15FN4O6S. The molecule has 3 amide bonds. The summed E-state index contributed by atoms with van der Waals surface area (Å²) in [5.41, 5.74) is 2.76. The fourth-order valence-electron chi connectivity index (χ4n) is 2.50. The summed E-state index contributed by atoms with van der Waals surface area (Å²) < 4.78 is 23.9. The maximum absolute atomic E-state index is 14.5. The van der Waals surface area contributed by atoms with Gasteiger partial charge in [-0.15, -0.1) is 0 Å². The fraction of sp³-hybridized carbons (Fsp3) is 0.312. The smallest absolute Gasteiger partial charge is 0.415 e. The van der Waals surface area contributed by atoms with E-state index in [1.54, 1.807) is 0 Å². The number of benzene rings is 1. The van der Waals surface area contributed by atoms with E-state index in [1.165, 1.54) is 17.0 Å². The number of esters is 1. The van der Waals surface area contributed by atoms with Gasteiger partial charge in [0.2, 0.25) is 0 Å². The van der Waals surface area contributed by atoms with Gasteiger partial charge in [-0.1, -0.05) is 11.8 Å². The monoisotopic (exact) mass is 410 g/mol. The topological polar surface area (TPSA) is 126 Å². The maximum atomic E-state index is 14.5. The first kappa shape index (κ1) is 19.6. The number of hydrogen-bond acceptors (Lipinski definition) is 8. The summed E-state index contributed by atoms with van der Waals surface area (Å²) in [7, 11) is 0. The minimum absolute atomic E-state index is 0.0674. The molecule has 0 aromatic heterocycles. The molecule has 3 rings (SSSR count). The van der Waals surface area contributed by atoms with Crippen LogP contribution in [0.15, 0.2) is 23.3 Å². The van der Waals surface area contributed by atoms with Crippen LogP contribution in [0.5, 0.6) is 0 Å². The Labute approximate surface area is 162 Å². The number of hydrogen-bond donors (Lipinski definition) is 2. The van der Waals surface area contributed by atoms with Gasteiger partial charge in [-0.05, 0) is 18.2 Å². The first-order valence-corrected chi connectivity index (χ1v) is 9.05. The summed E-state index contributed by atoms with van der Waals surface area (Å²) in [6, 6.07) is 4.14. The van der Waals surface area contributed by atoms with E-state index in [1.807, 2.05) is 0 Å². The van der Waals surface area contributed by atoms with Crippen LogP contribution in [-0.2, 0) is 19.1 Å². The van der Waals surface area contributed by atoms with Gasteiger partial charge in [0.1, 0.15) is 17.0 Å². The molecule has 0 radical (unpaired) electrons. The maximum Gasteiger partial charge on any atom is 0.415 e. The lowest BCUT2D eigenvalue weighted by Gasteiger charge is -2.16. The van der Waals surface area contributed by atoms with Gasteiger partial charge in [-0.2, -0.15) is 5.10 Å². The number of carbonyl (C=O) groups excluding carboxylic acids is 4. The van der Waals surface area contributed by atoms with Crippen LogP contribution in [0.2, 0.25) is 0 Å². The summed E-state index contributed by atoms with van der Waals surface area (Å²) in [6.07, 6.45) is -2.34. The Morgan fingerprint density at radius 1 is 1.46 bits per heavy atom. The Bertz CT molecular complexity index is 877. The van der Waals surface area contributed by atoms with Crippen LogP contribution in [0.4, 0.5) is 19.7 Å². The van der Waals surface area contributed by atoms with E-state index in [9.17, 15) is 23.6 Å². The number of cyclic esters (lactones) is 1. The van der Waals surface area contributed by atoms with Crippen molar-refractivity contribution in [3.63, 3.8) is 0 Å². The van der Waals surface area contributed by atoms with Crippen molar-refractivity contribution in [3.05, 3.63) is 29.6 Å². The molecule has 2 aliphatic heterocycles. The number of carbonyl (C=O) groups is 4. The first-order valence-electron chi connectivity index (χ1n) is 8.07. The second kappa shape index (κ2) is 8.25. The zero-order valence-corrected chi connectivity index (χ0v) is 15.4. The molecule has 2 aliphatic rings. The average molecular weight is 410 g/mol. The van der Waals surface area contributed by atoms with E-state index < -0.39 is 30.1 Å². The standard InChI is InChI=1S/C16H15FN4O6S/c1-8(22)26-15(24)18-5-10-6-21(16(25)27-10)9-2-3-11(12(17)4-9)14-20-19-13(23)7-28-14/h2-4,10H,5-7H2,1H3,(H,18,24)(H,19,23)/t10-/m0/s1. The molecule has 12 heteroatoms. The molecule has 1 fully saturated rings. The van der Waals surface area contributed by atoms with Crippen molar-refractivity contribution in [1.82, 2.24) is 10.7 Å². The van der Waals surface area contributed by atoms with E-state index in [2.05, 4.69) is 20.6 Å². The Morgan fingerprint density at radius 2 is 2.25 bits per heavy atom. The number of rotatable bonds is 4. The molecule has 0 spiro atoms. The fourth-order valence-corrected chi connectivity index (χ4v) is 3.26. The Morgan fingerprint density at radius 3 is 2.89 bits per heavy atom. The number of nitrogens with one attached hydrogen (secondary N) is 2. The zero-order chi connectivity index (χ0) is 20.3. The number of alkyl carbamates (subject to hydrolysis) is 1. The SMILES string of the molecule is CC(=O)OC(=O)NC[C@H]1CN(c2ccc(C3=NNC(=O)CS3)c(F)c2)C(=O)O1. The quantitative estimate of drug-likeness (QED) is 0.559.